The number of halogens is 1. The van der Waals surface area contributed by atoms with E-state index in [1.807, 2.05) is 30.3 Å². The van der Waals surface area contributed by atoms with Gasteiger partial charge in [0.2, 0.25) is 5.91 Å². The first kappa shape index (κ1) is 20.6. The molecule has 0 spiro atoms. The Kier molecular flexibility index (Phi) is 6.82. The third-order valence-electron chi connectivity index (χ3n) is 5.51. The van der Waals surface area contributed by atoms with Crippen molar-refractivity contribution in [3.05, 3.63) is 77.3 Å². The third kappa shape index (κ3) is 5.29. The zero-order chi connectivity index (χ0) is 20.8. The molecule has 156 valence electrons. The first-order chi connectivity index (χ1) is 14.7. The van der Waals surface area contributed by atoms with E-state index in [9.17, 15) is 4.79 Å². The summed E-state index contributed by atoms with van der Waals surface area (Å²) in [6, 6.07) is 18.0. The van der Waals surface area contributed by atoms with Crippen LogP contribution in [0.1, 0.15) is 36.8 Å². The van der Waals surface area contributed by atoms with Gasteiger partial charge in [0.15, 0.2) is 11.7 Å². The Labute approximate surface area is 182 Å². The van der Waals surface area contributed by atoms with Crippen LogP contribution >= 0.6 is 11.6 Å². The lowest BCUT2D eigenvalue weighted by atomic mass is 10.1. The Bertz CT molecular complexity index is 950. The van der Waals surface area contributed by atoms with Gasteiger partial charge in [-0.25, -0.2) is 4.98 Å². The van der Waals surface area contributed by atoms with E-state index >= 15 is 0 Å². The minimum atomic E-state index is 0.0152. The first-order valence-electron chi connectivity index (χ1n) is 10.5. The Balaban J connectivity index is 1.30. The fourth-order valence-electron chi connectivity index (χ4n) is 3.88. The fraction of sp³-hybridized carbons (Fsp3) is 0.333. The molecule has 0 radical (unpaired) electrons. The second-order valence-electron chi connectivity index (χ2n) is 7.60. The lowest BCUT2D eigenvalue weighted by molar-refractivity contribution is -0.121. The third-order valence-corrected chi connectivity index (χ3v) is 5.76. The molecule has 3 aromatic rings. The summed E-state index contributed by atoms with van der Waals surface area (Å²) >= 11 is 5.93. The number of benzene rings is 2. The zero-order valence-corrected chi connectivity index (χ0v) is 17.6. The van der Waals surface area contributed by atoms with Crippen LogP contribution in [0.2, 0.25) is 5.02 Å². The van der Waals surface area contributed by atoms with Gasteiger partial charge in [0, 0.05) is 30.0 Å². The van der Waals surface area contributed by atoms with Crippen molar-refractivity contribution in [2.24, 2.45) is 0 Å². The van der Waals surface area contributed by atoms with E-state index in [0.717, 1.165) is 18.7 Å². The average Bonchev–Trinajstić information content (AvgIpc) is 3.46. The standard InChI is InChI=1S/C24H26ClN3O2/c25-20-10-8-19(9-11-20)22-17-27-24(30-22)13-12-23(29)26-16-21(28-14-4-5-15-28)18-6-2-1-3-7-18/h1-3,6-11,17,21H,4-5,12-16H2,(H,26,29)/t21-/m0/s1. The van der Waals surface area contributed by atoms with Crippen LogP contribution in [0.25, 0.3) is 11.3 Å². The van der Waals surface area contributed by atoms with Gasteiger partial charge in [-0.05, 0) is 55.8 Å². The summed E-state index contributed by atoms with van der Waals surface area (Å²) in [7, 11) is 0. The molecule has 1 aliphatic rings. The lowest BCUT2D eigenvalue weighted by Crippen LogP contribution is -2.36. The highest BCUT2D eigenvalue weighted by Gasteiger charge is 2.23. The maximum atomic E-state index is 12.5. The van der Waals surface area contributed by atoms with Crippen molar-refractivity contribution in [2.75, 3.05) is 19.6 Å². The van der Waals surface area contributed by atoms with Gasteiger partial charge in [-0.3, -0.25) is 9.69 Å². The smallest absolute Gasteiger partial charge is 0.220 e. The normalized spacial score (nSPS) is 15.2. The van der Waals surface area contributed by atoms with E-state index in [0.29, 0.717) is 36.1 Å². The van der Waals surface area contributed by atoms with Gasteiger partial charge in [0.1, 0.15) is 0 Å². The number of carbonyl (C=O) groups excluding carboxylic acids is 1. The molecule has 2 heterocycles. The summed E-state index contributed by atoms with van der Waals surface area (Å²) in [6.45, 7) is 2.78. The summed E-state index contributed by atoms with van der Waals surface area (Å²) in [5, 5.41) is 3.79. The van der Waals surface area contributed by atoms with Gasteiger partial charge in [-0.2, -0.15) is 0 Å². The van der Waals surface area contributed by atoms with Gasteiger partial charge in [-0.1, -0.05) is 41.9 Å². The van der Waals surface area contributed by atoms with Crippen LogP contribution in [-0.2, 0) is 11.2 Å². The van der Waals surface area contributed by atoms with Crippen LogP contribution in [0.5, 0.6) is 0 Å². The summed E-state index contributed by atoms with van der Waals surface area (Å²) in [5.41, 5.74) is 2.17. The summed E-state index contributed by atoms with van der Waals surface area (Å²) in [6.07, 6.45) is 4.95. The van der Waals surface area contributed by atoms with Crippen LogP contribution in [0.4, 0.5) is 0 Å². The number of amides is 1. The highest BCUT2D eigenvalue weighted by atomic mass is 35.5. The van der Waals surface area contributed by atoms with Gasteiger partial charge < -0.3 is 9.73 Å². The molecular weight excluding hydrogens is 398 g/mol. The molecule has 1 N–H and O–H groups in total. The number of hydrogen-bond donors (Lipinski definition) is 1. The number of hydrogen-bond acceptors (Lipinski definition) is 4. The molecule has 1 amide bonds. The molecule has 1 aromatic heterocycles. The summed E-state index contributed by atoms with van der Waals surface area (Å²) in [5.74, 6) is 1.26. The minimum Gasteiger partial charge on any atom is -0.441 e. The van der Waals surface area contributed by atoms with Crippen molar-refractivity contribution in [3.8, 4) is 11.3 Å². The number of nitrogens with zero attached hydrogens (tertiary/aromatic N) is 2. The molecule has 0 unspecified atom stereocenters. The number of rotatable bonds is 8. The predicted octanol–water partition coefficient (Wildman–Crippen LogP) is 4.88. The van der Waals surface area contributed by atoms with E-state index in [4.69, 9.17) is 16.0 Å². The van der Waals surface area contributed by atoms with Crippen molar-refractivity contribution < 1.29 is 9.21 Å². The Morgan fingerprint density at radius 1 is 1.10 bits per heavy atom. The van der Waals surface area contributed by atoms with E-state index < -0.39 is 0 Å². The maximum absolute atomic E-state index is 12.5. The van der Waals surface area contributed by atoms with Gasteiger partial charge in [0.05, 0.1) is 12.2 Å². The number of aryl methyl sites for hydroxylation is 1. The van der Waals surface area contributed by atoms with E-state index in [1.54, 1.807) is 6.20 Å². The maximum Gasteiger partial charge on any atom is 0.220 e. The Morgan fingerprint density at radius 3 is 2.57 bits per heavy atom. The number of aromatic nitrogens is 1. The van der Waals surface area contributed by atoms with Gasteiger partial charge >= 0.3 is 0 Å². The number of likely N-dealkylation sites (tertiary alicyclic amines) is 1. The molecule has 2 aromatic carbocycles. The van der Waals surface area contributed by atoms with E-state index in [1.165, 1.54) is 18.4 Å². The molecule has 1 saturated heterocycles. The lowest BCUT2D eigenvalue weighted by Gasteiger charge is -2.28. The van der Waals surface area contributed by atoms with Crippen molar-refractivity contribution in [1.29, 1.82) is 0 Å². The topological polar surface area (TPSA) is 58.4 Å². The molecule has 30 heavy (non-hydrogen) atoms. The fourth-order valence-corrected chi connectivity index (χ4v) is 4.01. The SMILES string of the molecule is O=C(CCc1ncc(-c2ccc(Cl)cc2)o1)NC[C@@H](c1ccccc1)N1CCCC1. The Morgan fingerprint density at radius 2 is 1.83 bits per heavy atom. The molecule has 6 heteroatoms. The molecule has 1 atom stereocenters. The second kappa shape index (κ2) is 9.92. The van der Waals surface area contributed by atoms with Crippen molar-refractivity contribution in [1.82, 2.24) is 15.2 Å². The second-order valence-corrected chi connectivity index (χ2v) is 8.04. The number of oxazole rings is 1. The highest BCUT2D eigenvalue weighted by molar-refractivity contribution is 6.30. The van der Waals surface area contributed by atoms with Gasteiger partial charge in [-0.15, -0.1) is 0 Å². The number of carbonyl (C=O) groups is 1. The van der Waals surface area contributed by atoms with E-state index in [-0.39, 0.29) is 11.9 Å². The van der Waals surface area contributed by atoms with Crippen molar-refractivity contribution >= 4 is 17.5 Å². The van der Waals surface area contributed by atoms with Crippen LogP contribution in [0, 0.1) is 0 Å². The van der Waals surface area contributed by atoms with Crippen LogP contribution < -0.4 is 5.32 Å². The Hall–Kier alpha value is -2.63. The largest absolute Gasteiger partial charge is 0.441 e. The zero-order valence-electron chi connectivity index (χ0n) is 16.9. The van der Waals surface area contributed by atoms with Crippen LogP contribution in [-0.4, -0.2) is 35.4 Å². The molecule has 1 fully saturated rings. The molecule has 4 rings (SSSR count). The summed E-state index contributed by atoms with van der Waals surface area (Å²) < 4.78 is 5.79. The average molecular weight is 424 g/mol. The minimum absolute atomic E-state index is 0.0152. The molecule has 5 nitrogen and oxygen atoms in total. The van der Waals surface area contributed by atoms with Crippen LogP contribution in [0.15, 0.2) is 65.2 Å². The first-order valence-corrected chi connectivity index (χ1v) is 10.8. The quantitative estimate of drug-likeness (QED) is 0.561. The van der Waals surface area contributed by atoms with Crippen LogP contribution in [0.3, 0.4) is 0 Å². The summed E-state index contributed by atoms with van der Waals surface area (Å²) in [4.78, 5) is 19.2. The molecule has 1 aliphatic heterocycles. The number of nitrogens with one attached hydrogen (secondary N) is 1. The highest BCUT2D eigenvalue weighted by Crippen LogP contribution is 2.25. The molecule has 0 bridgehead atoms. The van der Waals surface area contributed by atoms with E-state index in [2.05, 4.69) is 39.5 Å². The van der Waals surface area contributed by atoms with Gasteiger partial charge in [0.25, 0.3) is 0 Å². The van der Waals surface area contributed by atoms with Crippen molar-refractivity contribution in [3.63, 3.8) is 0 Å². The molecule has 0 saturated carbocycles. The predicted molar refractivity (Wildman–Crippen MR) is 118 cm³/mol. The monoisotopic (exact) mass is 423 g/mol. The molecule has 0 aliphatic carbocycles. The van der Waals surface area contributed by atoms with Crippen molar-refractivity contribution in [2.45, 2.75) is 31.7 Å². The molecular formula is C24H26ClN3O2.